The van der Waals surface area contributed by atoms with Gasteiger partial charge in [-0.05, 0) is 13.8 Å². The van der Waals surface area contributed by atoms with E-state index in [9.17, 15) is 9.90 Å². The molecule has 0 heterocycles. The van der Waals surface area contributed by atoms with Gasteiger partial charge in [-0.25, -0.2) is 4.79 Å². The maximum absolute atomic E-state index is 11.1. The Labute approximate surface area is 72.7 Å². The predicted octanol–water partition coefficient (Wildman–Crippen LogP) is 0.385. The maximum Gasteiger partial charge on any atom is 0.353 e. The van der Waals surface area contributed by atoms with Gasteiger partial charge < -0.3 is 9.84 Å². The average molecular weight is 175 g/mol. The lowest BCUT2D eigenvalue weighted by atomic mass is 10.1. The van der Waals surface area contributed by atoms with E-state index in [0.29, 0.717) is 6.42 Å². The molecule has 72 valence electrons. The molecule has 0 spiro atoms. The second-order valence-electron chi connectivity index (χ2n) is 3.13. The van der Waals surface area contributed by atoms with Crippen molar-refractivity contribution in [2.45, 2.75) is 45.4 Å². The molecule has 0 saturated heterocycles. The van der Waals surface area contributed by atoms with E-state index in [1.54, 1.807) is 13.8 Å². The van der Waals surface area contributed by atoms with Crippen molar-refractivity contribution < 1.29 is 14.6 Å². The van der Waals surface area contributed by atoms with Crippen LogP contribution in [0.2, 0.25) is 0 Å². The fourth-order valence-electron chi connectivity index (χ4n) is 0.799. The number of aliphatic hydroxyl groups is 1. The van der Waals surface area contributed by atoms with Gasteiger partial charge in [0.05, 0.1) is 6.10 Å². The summed E-state index contributed by atoms with van der Waals surface area (Å²) in [6, 6.07) is 0. The molecule has 4 heteroatoms. The molecule has 0 aliphatic carbocycles. The number of hydrogen-bond donors (Lipinski definition) is 2. The third-order valence-corrected chi connectivity index (χ3v) is 1.33. The quantitative estimate of drug-likeness (QED) is 0.478. The van der Waals surface area contributed by atoms with E-state index >= 15 is 0 Å². The normalized spacial score (nSPS) is 15.8. The summed E-state index contributed by atoms with van der Waals surface area (Å²) in [4.78, 5) is 11.1. The number of ether oxygens (including phenoxy) is 1. The third kappa shape index (κ3) is 3.69. The number of esters is 1. The largest absolute Gasteiger partial charge is 0.460 e. The summed E-state index contributed by atoms with van der Waals surface area (Å²) in [6.45, 7) is 5.25. The van der Waals surface area contributed by atoms with Gasteiger partial charge in [-0.15, -0.1) is 0 Å². The minimum absolute atomic E-state index is 0.221. The summed E-state index contributed by atoms with van der Waals surface area (Å²) < 4.78 is 4.75. The number of carbonyl (C=O) groups is 1. The number of nitrogens with two attached hydrogens (primary N) is 1. The second kappa shape index (κ2) is 4.42. The summed E-state index contributed by atoms with van der Waals surface area (Å²) in [5.74, 6) is -0.751. The van der Waals surface area contributed by atoms with Crippen molar-refractivity contribution in [1.29, 1.82) is 0 Å². The standard InChI is InChI=1S/C8H17NO3/c1-4-5-8(9,11)7(10)12-6(2)3/h6,11H,4-5,9H2,1-3H3. The zero-order valence-electron chi connectivity index (χ0n) is 7.83. The lowest BCUT2D eigenvalue weighted by molar-refractivity contribution is -0.169. The first-order chi connectivity index (χ1) is 5.40. The molecule has 0 bridgehead atoms. The van der Waals surface area contributed by atoms with Crippen LogP contribution in [0.5, 0.6) is 0 Å². The number of hydrogen-bond acceptors (Lipinski definition) is 4. The lowest BCUT2D eigenvalue weighted by Gasteiger charge is -2.21. The van der Waals surface area contributed by atoms with Crippen molar-refractivity contribution in [2.24, 2.45) is 5.73 Å². The number of rotatable bonds is 4. The Kier molecular flexibility index (Phi) is 4.20. The van der Waals surface area contributed by atoms with Crippen LogP contribution in [0.4, 0.5) is 0 Å². The van der Waals surface area contributed by atoms with Crippen molar-refractivity contribution in [2.75, 3.05) is 0 Å². The minimum Gasteiger partial charge on any atom is -0.460 e. The van der Waals surface area contributed by atoms with Crippen molar-refractivity contribution in [3.63, 3.8) is 0 Å². The summed E-state index contributed by atoms with van der Waals surface area (Å²) in [5, 5.41) is 9.34. The zero-order valence-corrected chi connectivity index (χ0v) is 7.83. The summed E-state index contributed by atoms with van der Waals surface area (Å²) in [7, 11) is 0. The Hall–Kier alpha value is -0.610. The molecule has 0 fully saturated rings. The smallest absolute Gasteiger partial charge is 0.353 e. The molecule has 12 heavy (non-hydrogen) atoms. The highest BCUT2D eigenvalue weighted by atomic mass is 16.6. The Bertz CT molecular complexity index is 154. The van der Waals surface area contributed by atoms with Gasteiger partial charge in [0.25, 0.3) is 0 Å². The molecule has 0 aromatic rings. The molecular formula is C8H17NO3. The first kappa shape index (κ1) is 11.4. The van der Waals surface area contributed by atoms with Gasteiger partial charge in [0.1, 0.15) is 0 Å². The van der Waals surface area contributed by atoms with Gasteiger partial charge in [-0.3, -0.25) is 5.73 Å². The Balaban J connectivity index is 4.06. The Morgan fingerprint density at radius 3 is 2.50 bits per heavy atom. The van der Waals surface area contributed by atoms with E-state index in [0.717, 1.165) is 0 Å². The van der Waals surface area contributed by atoms with Crippen molar-refractivity contribution >= 4 is 5.97 Å². The van der Waals surface area contributed by atoms with E-state index in [1.807, 2.05) is 6.92 Å². The molecule has 0 aliphatic heterocycles. The van der Waals surface area contributed by atoms with Crippen LogP contribution in [0.3, 0.4) is 0 Å². The molecule has 0 saturated carbocycles. The van der Waals surface area contributed by atoms with Crippen molar-refractivity contribution in [3.05, 3.63) is 0 Å². The molecule has 0 aliphatic rings. The average Bonchev–Trinajstić information content (AvgIpc) is 1.85. The summed E-state index contributed by atoms with van der Waals surface area (Å²) >= 11 is 0. The van der Waals surface area contributed by atoms with E-state index in [4.69, 9.17) is 10.5 Å². The summed E-state index contributed by atoms with van der Waals surface area (Å²) in [6.07, 6.45) is 0.614. The van der Waals surface area contributed by atoms with Crippen LogP contribution in [-0.4, -0.2) is 22.9 Å². The van der Waals surface area contributed by atoms with Crippen molar-refractivity contribution in [3.8, 4) is 0 Å². The molecule has 1 unspecified atom stereocenters. The summed E-state index contributed by atoms with van der Waals surface area (Å²) in [5.41, 5.74) is 3.48. The fourth-order valence-corrected chi connectivity index (χ4v) is 0.799. The van der Waals surface area contributed by atoms with Crippen LogP contribution in [0.1, 0.15) is 33.6 Å². The van der Waals surface area contributed by atoms with Gasteiger partial charge in [-0.2, -0.15) is 0 Å². The SMILES string of the molecule is CCCC(N)(O)C(=O)OC(C)C. The lowest BCUT2D eigenvalue weighted by Crippen LogP contribution is -2.49. The molecule has 3 N–H and O–H groups in total. The second-order valence-corrected chi connectivity index (χ2v) is 3.13. The highest BCUT2D eigenvalue weighted by Gasteiger charge is 2.32. The molecule has 0 aromatic carbocycles. The first-order valence-electron chi connectivity index (χ1n) is 4.12. The van der Waals surface area contributed by atoms with E-state index in [-0.39, 0.29) is 12.5 Å². The molecule has 0 aromatic heterocycles. The monoisotopic (exact) mass is 175 g/mol. The van der Waals surface area contributed by atoms with Crippen LogP contribution in [-0.2, 0) is 9.53 Å². The Morgan fingerprint density at radius 2 is 2.17 bits per heavy atom. The highest BCUT2D eigenvalue weighted by Crippen LogP contribution is 2.08. The molecule has 4 nitrogen and oxygen atoms in total. The van der Waals surface area contributed by atoms with Gasteiger partial charge in [-0.1, -0.05) is 13.3 Å². The fraction of sp³-hybridized carbons (Fsp3) is 0.875. The van der Waals surface area contributed by atoms with Crippen LogP contribution in [0.15, 0.2) is 0 Å². The maximum atomic E-state index is 11.1. The molecule has 0 amide bonds. The van der Waals surface area contributed by atoms with Gasteiger partial charge >= 0.3 is 5.97 Å². The highest BCUT2D eigenvalue weighted by molar-refractivity contribution is 5.78. The van der Waals surface area contributed by atoms with Crippen molar-refractivity contribution in [1.82, 2.24) is 0 Å². The predicted molar refractivity (Wildman–Crippen MR) is 45.3 cm³/mol. The third-order valence-electron chi connectivity index (χ3n) is 1.33. The topological polar surface area (TPSA) is 72.5 Å². The minimum atomic E-state index is -1.82. The van der Waals surface area contributed by atoms with Crippen LogP contribution < -0.4 is 5.73 Å². The van der Waals surface area contributed by atoms with Crippen LogP contribution in [0.25, 0.3) is 0 Å². The number of carbonyl (C=O) groups excluding carboxylic acids is 1. The van der Waals surface area contributed by atoms with Crippen LogP contribution in [0, 0.1) is 0 Å². The Morgan fingerprint density at radius 1 is 1.67 bits per heavy atom. The van der Waals surface area contributed by atoms with E-state index < -0.39 is 11.7 Å². The first-order valence-corrected chi connectivity index (χ1v) is 4.12. The zero-order chi connectivity index (χ0) is 9.78. The van der Waals surface area contributed by atoms with Crippen LogP contribution >= 0.6 is 0 Å². The van der Waals surface area contributed by atoms with Gasteiger partial charge in [0.15, 0.2) is 0 Å². The molecular weight excluding hydrogens is 158 g/mol. The van der Waals surface area contributed by atoms with E-state index in [2.05, 4.69) is 0 Å². The van der Waals surface area contributed by atoms with Gasteiger partial charge in [0, 0.05) is 6.42 Å². The van der Waals surface area contributed by atoms with E-state index in [1.165, 1.54) is 0 Å². The van der Waals surface area contributed by atoms with Gasteiger partial charge in [0.2, 0.25) is 5.72 Å². The molecule has 0 rings (SSSR count). The molecule has 1 atom stereocenters. The molecule has 0 radical (unpaired) electrons.